The molecule has 0 heterocycles. The molecule has 0 N–H and O–H groups in total. The van der Waals surface area contributed by atoms with E-state index in [1.807, 2.05) is 6.07 Å². The molecule has 0 amide bonds. The summed E-state index contributed by atoms with van der Waals surface area (Å²) in [7, 11) is -3.36. The van der Waals surface area contributed by atoms with E-state index >= 15 is 0 Å². The van der Waals surface area contributed by atoms with E-state index in [0.717, 1.165) is 5.57 Å². The molecule has 0 aliphatic heterocycles. The molecule has 1 aromatic rings. The van der Waals surface area contributed by atoms with E-state index in [-0.39, 0.29) is 4.90 Å². The number of allylic oxidation sites excluding steroid dienone is 1. The van der Waals surface area contributed by atoms with Crippen LogP contribution in [0.5, 0.6) is 0 Å². The zero-order valence-electron chi connectivity index (χ0n) is 10.2. The van der Waals surface area contributed by atoms with Gasteiger partial charge in [0.1, 0.15) is 0 Å². The summed E-state index contributed by atoms with van der Waals surface area (Å²) in [5, 5.41) is 8.39. The highest BCUT2D eigenvalue weighted by Crippen LogP contribution is 2.22. The van der Waals surface area contributed by atoms with Crippen molar-refractivity contribution < 1.29 is 8.42 Å². The minimum absolute atomic E-state index is 0.185. The molecule has 0 unspecified atom stereocenters. The lowest BCUT2D eigenvalue weighted by molar-refractivity contribution is 0.587. The van der Waals surface area contributed by atoms with E-state index in [0.29, 0.717) is 11.1 Å². The lowest BCUT2D eigenvalue weighted by Gasteiger charge is -2.10. The zero-order chi connectivity index (χ0) is 13.2. The third-order valence-corrected chi connectivity index (χ3v) is 4.61. The maximum atomic E-state index is 12.0. The Bertz CT molecular complexity index is 592. The van der Waals surface area contributed by atoms with Crippen LogP contribution in [-0.4, -0.2) is 13.7 Å². The summed E-state index contributed by atoms with van der Waals surface area (Å²) < 4.78 is 24.1. The SMILES string of the molecule is C=C(C)c1cc(C#N)cc(S(=O)(=O)C(C)C)c1. The highest BCUT2D eigenvalue weighted by Gasteiger charge is 2.20. The van der Waals surface area contributed by atoms with Gasteiger partial charge in [-0.15, -0.1) is 0 Å². The van der Waals surface area contributed by atoms with Crippen molar-refractivity contribution in [1.82, 2.24) is 0 Å². The highest BCUT2D eigenvalue weighted by molar-refractivity contribution is 7.92. The first kappa shape index (κ1) is 13.5. The fraction of sp³-hybridized carbons (Fsp3) is 0.308. The van der Waals surface area contributed by atoms with E-state index in [1.165, 1.54) is 6.07 Å². The summed E-state index contributed by atoms with van der Waals surface area (Å²) in [4.78, 5) is 0.185. The van der Waals surface area contributed by atoms with Crippen LogP contribution in [0.15, 0.2) is 29.7 Å². The largest absolute Gasteiger partial charge is 0.223 e. The van der Waals surface area contributed by atoms with Crippen LogP contribution in [0.1, 0.15) is 31.9 Å². The Morgan fingerprint density at radius 2 is 1.94 bits per heavy atom. The highest BCUT2D eigenvalue weighted by atomic mass is 32.2. The quantitative estimate of drug-likeness (QED) is 0.827. The molecule has 90 valence electrons. The second-order valence-corrected chi connectivity index (χ2v) is 6.74. The molecule has 0 fully saturated rings. The van der Waals surface area contributed by atoms with E-state index in [2.05, 4.69) is 6.58 Å². The Hall–Kier alpha value is -1.60. The topological polar surface area (TPSA) is 57.9 Å². The van der Waals surface area contributed by atoms with Gasteiger partial charge >= 0.3 is 0 Å². The molecule has 17 heavy (non-hydrogen) atoms. The molecule has 0 aromatic heterocycles. The van der Waals surface area contributed by atoms with Gasteiger partial charge in [-0.3, -0.25) is 0 Å². The lowest BCUT2D eigenvalue weighted by Crippen LogP contribution is -2.14. The molecule has 0 aliphatic carbocycles. The summed E-state index contributed by atoms with van der Waals surface area (Å²) in [5.41, 5.74) is 1.76. The average molecular weight is 249 g/mol. The molecule has 1 aromatic carbocycles. The average Bonchev–Trinajstić information content (AvgIpc) is 2.27. The second kappa shape index (κ2) is 4.72. The summed E-state index contributed by atoms with van der Waals surface area (Å²) in [6.45, 7) is 8.78. The smallest absolute Gasteiger partial charge is 0.180 e. The molecule has 0 aliphatic rings. The van der Waals surface area contributed by atoms with Crippen LogP contribution in [-0.2, 0) is 9.84 Å². The Morgan fingerprint density at radius 1 is 1.35 bits per heavy atom. The van der Waals surface area contributed by atoms with Gasteiger partial charge in [-0.05, 0) is 44.5 Å². The second-order valence-electron chi connectivity index (χ2n) is 4.23. The van der Waals surface area contributed by atoms with Gasteiger partial charge in [0.25, 0.3) is 0 Å². The van der Waals surface area contributed by atoms with Crippen LogP contribution in [0, 0.1) is 11.3 Å². The molecule has 0 radical (unpaired) electrons. The number of rotatable bonds is 3. The molecule has 4 heteroatoms. The summed E-state index contributed by atoms with van der Waals surface area (Å²) >= 11 is 0. The molecule has 1 rings (SSSR count). The molecule has 3 nitrogen and oxygen atoms in total. The fourth-order valence-electron chi connectivity index (χ4n) is 1.35. The summed E-state index contributed by atoms with van der Waals surface area (Å²) in [6, 6.07) is 6.58. The molecule has 0 atom stereocenters. The van der Waals surface area contributed by atoms with Gasteiger partial charge in [0.2, 0.25) is 0 Å². The van der Waals surface area contributed by atoms with E-state index in [9.17, 15) is 8.42 Å². The van der Waals surface area contributed by atoms with Crippen LogP contribution in [0.4, 0.5) is 0 Å². The van der Waals surface area contributed by atoms with Crippen molar-refractivity contribution in [2.75, 3.05) is 0 Å². The van der Waals surface area contributed by atoms with Gasteiger partial charge in [0.05, 0.1) is 21.8 Å². The van der Waals surface area contributed by atoms with E-state index < -0.39 is 15.1 Å². The standard InChI is InChI=1S/C13H15NO2S/c1-9(2)12-5-11(8-14)6-13(7-12)17(15,16)10(3)4/h5-7,10H,1H2,2-4H3. The number of benzene rings is 1. The molecule has 0 bridgehead atoms. The Morgan fingerprint density at radius 3 is 2.35 bits per heavy atom. The van der Waals surface area contributed by atoms with Crippen molar-refractivity contribution in [3.63, 3.8) is 0 Å². The van der Waals surface area contributed by atoms with Crippen molar-refractivity contribution >= 4 is 15.4 Å². The predicted molar refractivity (Wildman–Crippen MR) is 68.2 cm³/mol. The van der Waals surface area contributed by atoms with Crippen LogP contribution in [0.2, 0.25) is 0 Å². The third kappa shape index (κ3) is 2.75. The van der Waals surface area contributed by atoms with Gasteiger partial charge in [0.15, 0.2) is 9.84 Å². The van der Waals surface area contributed by atoms with Gasteiger partial charge in [-0.2, -0.15) is 5.26 Å². The summed E-state index contributed by atoms with van der Waals surface area (Å²) in [6.07, 6.45) is 0. The Kier molecular flexibility index (Phi) is 3.74. The third-order valence-electron chi connectivity index (χ3n) is 2.48. The molecule has 0 saturated heterocycles. The van der Waals surface area contributed by atoms with E-state index in [4.69, 9.17) is 5.26 Å². The van der Waals surface area contributed by atoms with Crippen molar-refractivity contribution in [2.45, 2.75) is 30.9 Å². The van der Waals surface area contributed by atoms with Crippen molar-refractivity contribution in [3.8, 4) is 6.07 Å². The van der Waals surface area contributed by atoms with Crippen molar-refractivity contribution in [2.24, 2.45) is 0 Å². The lowest BCUT2D eigenvalue weighted by atomic mass is 10.1. The maximum Gasteiger partial charge on any atom is 0.180 e. The maximum absolute atomic E-state index is 12.0. The first-order valence-corrected chi connectivity index (χ1v) is 6.78. The molecule has 0 spiro atoms. The normalized spacial score (nSPS) is 11.2. The minimum Gasteiger partial charge on any atom is -0.223 e. The van der Waals surface area contributed by atoms with Crippen LogP contribution < -0.4 is 0 Å². The van der Waals surface area contributed by atoms with Crippen molar-refractivity contribution in [1.29, 1.82) is 5.26 Å². The molecular formula is C13H15NO2S. The van der Waals surface area contributed by atoms with Crippen LogP contribution >= 0.6 is 0 Å². The van der Waals surface area contributed by atoms with Gasteiger partial charge in [-0.1, -0.05) is 12.2 Å². The number of nitriles is 1. The fourth-order valence-corrected chi connectivity index (χ4v) is 2.47. The first-order valence-electron chi connectivity index (χ1n) is 5.24. The van der Waals surface area contributed by atoms with Crippen molar-refractivity contribution in [3.05, 3.63) is 35.9 Å². The van der Waals surface area contributed by atoms with Gasteiger partial charge < -0.3 is 0 Å². The predicted octanol–water partition coefficient (Wildman–Crippen LogP) is 2.77. The Balaban J connectivity index is 3.52. The number of hydrogen-bond donors (Lipinski definition) is 0. The Labute approximate surface area is 102 Å². The van der Waals surface area contributed by atoms with Crippen LogP contribution in [0.25, 0.3) is 5.57 Å². The monoisotopic (exact) mass is 249 g/mol. The summed E-state index contributed by atoms with van der Waals surface area (Å²) in [5.74, 6) is 0. The first-order chi connectivity index (χ1) is 7.78. The van der Waals surface area contributed by atoms with Gasteiger partial charge in [0, 0.05) is 0 Å². The minimum atomic E-state index is -3.36. The number of nitrogens with zero attached hydrogens (tertiary/aromatic N) is 1. The van der Waals surface area contributed by atoms with E-state index in [1.54, 1.807) is 32.9 Å². The number of sulfone groups is 1. The molecule has 0 saturated carbocycles. The van der Waals surface area contributed by atoms with Gasteiger partial charge in [-0.25, -0.2) is 8.42 Å². The number of hydrogen-bond acceptors (Lipinski definition) is 3. The molecular weight excluding hydrogens is 234 g/mol. The van der Waals surface area contributed by atoms with Crippen LogP contribution in [0.3, 0.4) is 0 Å². The zero-order valence-corrected chi connectivity index (χ0v) is 11.0.